The van der Waals surface area contributed by atoms with E-state index in [4.69, 9.17) is 14.2 Å². The van der Waals surface area contributed by atoms with Crippen molar-refractivity contribution in [1.29, 1.82) is 0 Å². The molecule has 0 heterocycles. The first-order chi connectivity index (χ1) is 19.2. The summed E-state index contributed by atoms with van der Waals surface area (Å²) in [6.07, 6.45) is 4.93. The van der Waals surface area contributed by atoms with Crippen molar-refractivity contribution in [3.8, 4) is 16.9 Å². The van der Waals surface area contributed by atoms with Gasteiger partial charge in [0.05, 0.1) is 17.7 Å². The number of carbonyl (C=O) groups excluding carboxylic acids is 2. The lowest BCUT2D eigenvalue weighted by molar-refractivity contribution is 0.0253. The van der Waals surface area contributed by atoms with Crippen LogP contribution in [0.1, 0.15) is 86.1 Å². The van der Waals surface area contributed by atoms with E-state index in [9.17, 15) is 14.0 Å². The lowest BCUT2D eigenvalue weighted by Crippen LogP contribution is -2.24. The van der Waals surface area contributed by atoms with E-state index in [1.807, 2.05) is 26.0 Å². The molecule has 6 heteroatoms. The minimum absolute atomic E-state index is 0.0185. The van der Waals surface area contributed by atoms with Crippen molar-refractivity contribution in [3.63, 3.8) is 0 Å². The van der Waals surface area contributed by atoms with Crippen molar-refractivity contribution < 1.29 is 28.2 Å². The number of hydrogen-bond donors (Lipinski definition) is 0. The number of ether oxygens (including phenoxy) is 3. The summed E-state index contributed by atoms with van der Waals surface area (Å²) in [5.74, 6) is -2.09. The lowest BCUT2D eigenvalue weighted by atomic mass is 9.82. The van der Waals surface area contributed by atoms with E-state index in [0.717, 1.165) is 55.7 Å². The third-order valence-electron chi connectivity index (χ3n) is 7.25. The van der Waals surface area contributed by atoms with Crippen LogP contribution in [0.5, 0.6) is 5.75 Å². The smallest absolute Gasteiger partial charge is 0.343 e. The van der Waals surface area contributed by atoms with E-state index in [1.54, 1.807) is 19.2 Å². The SMILES string of the molecule is CCCC(CCC)OC(=O)c1ccc(OC(=O)c2ccc(-c3ccc(CC(C)(CC)COC)cc3)cc2)cc1F. The van der Waals surface area contributed by atoms with Crippen molar-refractivity contribution >= 4 is 11.9 Å². The highest BCUT2D eigenvalue weighted by atomic mass is 19.1. The minimum Gasteiger partial charge on any atom is -0.459 e. The van der Waals surface area contributed by atoms with Crippen LogP contribution in [-0.2, 0) is 15.9 Å². The Bertz CT molecular complexity index is 1250. The van der Waals surface area contributed by atoms with Crippen LogP contribution >= 0.6 is 0 Å². The molecule has 5 nitrogen and oxygen atoms in total. The predicted octanol–water partition coefficient (Wildman–Crippen LogP) is 8.44. The van der Waals surface area contributed by atoms with Crippen LogP contribution in [0.25, 0.3) is 11.1 Å². The molecule has 0 aromatic heterocycles. The Morgan fingerprint density at radius 3 is 1.98 bits per heavy atom. The van der Waals surface area contributed by atoms with Gasteiger partial charge < -0.3 is 14.2 Å². The van der Waals surface area contributed by atoms with Gasteiger partial charge in [-0.15, -0.1) is 0 Å². The fraction of sp³-hybridized carbons (Fsp3) is 0.412. The van der Waals surface area contributed by atoms with Crippen LogP contribution in [0.3, 0.4) is 0 Å². The van der Waals surface area contributed by atoms with Crippen LogP contribution in [0, 0.1) is 11.2 Å². The number of halogens is 1. The topological polar surface area (TPSA) is 61.8 Å². The standard InChI is InChI=1S/C34H41FO5/c1-6-9-28(10-7-2)39-33(37)30-20-19-29(21-31(30)35)40-32(36)27-17-15-26(16-18-27)25-13-11-24(12-14-25)22-34(4,8-3)23-38-5/h11-21,28H,6-10,22-23H2,1-5H3. The molecule has 1 unspecified atom stereocenters. The van der Waals surface area contributed by atoms with Crippen molar-refractivity contribution in [3.05, 3.63) is 89.2 Å². The van der Waals surface area contributed by atoms with E-state index in [1.165, 1.54) is 17.7 Å². The molecule has 0 saturated heterocycles. The second-order valence-electron chi connectivity index (χ2n) is 10.7. The average Bonchev–Trinajstić information content (AvgIpc) is 2.94. The fourth-order valence-electron chi connectivity index (χ4n) is 4.74. The van der Waals surface area contributed by atoms with Gasteiger partial charge in [0, 0.05) is 13.2 Å². The Labute approximate surface area is 237 Å². The zero-order valence-corrected chi connectivity index (χ0v) is 24.3. The number of esters is 2. The predicted molar refractivity (Wildman–Crippen MR) is 156 cm³/mol. The first kappa shape index (κ1) is 31.0. The summed E-state index contributed by atoms with van der Waals surface area (Å²) >= 11 is 0. The average molecular weight is 549 g/mol. The summed E-state index contributed by atoms with van der Waals surface area (Å²) in [6.45, 7) is 9.15. The third kappa shape index (κ3) is 8.49. The molecule has 0 spiro atoms. The molecule has 0 N–H and O–H groups in total. The van der Waals surface area contributed by atoms with Gasteiger partial charge in [0.2, 0.25) is 0 Å². The molecular formula is C34H41FO5. The van der Waals surface area contributed by atoms with Crippen LogP contribution in [0.4, 0.5) is 4.39 Å². The minimum atomic E-state index is -0.790. The van der Waals surface area contributed by atoms with Crippen LogP contribution in [0.15, 0.2) is 66.7 Å². The Hall–Kier alpha value is -3.51. The molecule has 0 aliphatic rings. The highest BCUT2D eigenvalue weighted by Crippen LogP contribution is 2.29. The van der Waals surface area contributed by atoms with Gasteiger partial charge in [-0.2, -0.15) is 0 Å². The van der Waals surface area contributed by atoms with E-state index in [2.05, 4.69) is 38.1 Å². The van der Waals surface area contributed by atoms with Gasteiger partial charge in [-0.05, 0) is 72.1 Å². The van der Waals surface area contributed by atoms with E-state index in [0.29, 0.717) is 12.2 Å². The van der Waals surface area contributed by atoms with Gasteiger partial charge in [0.15, 0.2) is 0 Å². The maximum Gasteiger partial charge on any atom is 0.343 e. The molecule has 0 saturated carbocycles. The maximum atomic E-state index is 14.7. The molecule has 0 amide bonds. The highest BCUT2D eigenvalue weighted by Gasteiger charge is 2.23. The molecule has 3 rings (SSSR count). The number of rotatable bonds is 14. The van der Waals surface area contributed by atoms with Crippen LogP contribution < -0.4 is 4.74 Å². The maximum absolute atomic E-state index is 14.7. The van der Waals surface area contributed by atoms with Crippen LogP contribution in [0.2, 0.25) is 0 Å². The van der Waals surface area contributed by atoms with Crippen LogP contribution in [-0.4, -0.2) is 31.8 Å². The van der Waals surface area contributed by atoms with Crippen molar-refractivity contribution in [1.82, 2.24) is 0 Å². The molecule has 214 valence electrons. The second kappa shape index (κ2) is 14.8. The first-order valence-electron chi connectivity index (χ1n) is 14.1. The van der Waals surface area contributed by atoms with Gasteiger partial charge in [0.25, 0.3) is 0 Å². The molecule has 0 aliphatic carbocycles. The first-order valence-corrected chi connectivity index (χ1v) is 14.1. The van der Waals surface area contributed by atoms with E-state index >= 15 is 0 Å². The number of benzene rings is 3. The number of methoxy groups -OCH3 is 1. The van der Waals surface area contributed by atoms with Crippen molar-refractivity contribution in [2.45, 2.75) is 72.3 Å². The molecule has 1 atom stereocenters. The molecule has 3 aromatic rings. The summed E-state index contributed by atoms with van der Waals surface area (Å²) in [6, 6.07) is 19.2. The Kier molecular flexibility index (Phi) is 11.4. The Balaban J connectivity index is 1.63. The quantitative estimate of drug-likeness (QED) is 0.149. The summed E-state index contributed by atoms with van der Waals surface area (Å²) in [5, 5.41) is 0. The monoisotopic (exact) mass is 548 g/mol. The lowest BCUT2D eigenvalue weighted by Gasteiger charge is -2.27. The molecule has 0 bridgehead atoms. The highest BCUT2D eigenvalue weighted by molar-refractivity contribution is 5.92. The van der Waals surface area contributed by atoms with E-state index in [-0.39, 0.29) is 22.8 Å². The summed E-state index contributed by atoms with van der Waals surface area (Å²) in [4.78, 5) is 25.2. The summed E-state index contributed by atoms with van der Waals surface area (Å²) < 4.78 is 31.0. The van der Waals surface area contributed by atoms with Gasteiger partial charge in [-0.1, -0.05) is 76.9 Å². The van der Waals surface area contributed by atoms with Gasteiger partial charge >= 0.3 is 11.9 Å². The molecule has 0 fully saturated rings. The van der Waals surface area contributed by atoms with Gasteiger partial charge in [-0.25, -0.2) is 14.0 Å². The zero-order chi connectivity index (χ0) is 29.1. The second-order valence-corrected chi connectivity index (χ2v) is 10.7. The largest absolute Gasteiger partial charge is 0.459 e. The normalized spacial score (nSPS) is 12.7. The Morgan fingerprint density at radius 1 is 0.850 bits per heavy atom. The molecule has 0 aliphatic heterocycles. The Morgan fingerprint density at radius 2 is 1.45 bits per heavy atom. The summed E-state index contributed by atoms with van der Waals surface area (Å²) in [7, 11) is 1.74. The van der Waals surface area contributed by atoms with Gasteiger partial charge in [0.1, 0.15) is 17.7 Å². The zero-order valence-electron chi connectivity index (χ0n) is 24.3. The molecule has 3 aromatic carbocycles. The third-order valence-corrected chi connectivity index (χ3v) is 7.25. The molecule has 40 heavy (non-hydrogen) atoms. The number of carbonyl (C=O) groups is 2. The molecule has 0 radical (unpaired) electrons. The molecular weight excluding hydrogens is 507 g/mol. The van der Waals surface area contributed by atoms with Crippen molar-refractivity contribution in [2.24, 2.45) is 5.41 Å². The van der Waals surface area contributed by atoms with Crippen molar-refractivity contribution in [2.75, 3.05) is 13.7 Å². The number of hydrogen-bond acceptors (Lipinski definition) is 5. The summed E-state index contributed by atoms with van der Waals surface area (Å²) in [5.41, 5.74) is 3.51. The van der Waals surface area contributed by atoms with Gasteiger partial charge in [-0.3, -0.25) is 0 Å². The fourth-order valence-corrected chi connectivity index (χ4v) is 4.74. The van der Waals surface area contributed by atoms with E-state index < -0.39 is 17.8 Å².